The van der Waals surface area contributed by atoms with Crippen LogP contribution in [-0.4, -0.2) is 47.2 Å². The molecule has 8 nitrogen and oxygen atoms in total. The van der Waals surface area contributed by atoms with Crippen molar-refractivity contribution in [1.82, 2.24) is 19.5 Å². The van der Waals surface area contributed by atoms with Crippen LogP contribution in [0.5, 0.6) is 0 Å². The molecule has 0 fully saturated rings. The number of hydrogen-bond acceptors (Lipinski definition) is 7. The molecule has 8 heteroatoms. The van der Waals surface area contributed by atoms with Gasteiger partial charge in [-0.1, -0.05) is 6.08 Å². The van der Waals surface area contributed by atoms with Gasteiger partial charge in [0.1, 0.15) is 11.8 Å². The molecule has 0 saturated carbocycles. The van der Waals surface area contributed by atoms with Crippen LogP contribution in [0.2, 0.25) is 0 Å². The third-order valence-corrected chi connectivity index (χ3v) is 3.14. The second-order valence-corrected chi connectivity index (χ2v) is 5.67. The summed E-state index contributed by atoms with van der Waals surface area (Å²) < 4.78 is 1.98. The van der Waals surface area contributed by atoms with Gasteiger partial charge in [-0.2, -0.15) is 0 Å². The number of aliphatic hydroxyl groups is 3. The Hall–Kier alpha value is -2.03. The number of nitrogens with two attached hydrogens (primary N) is 1. The monoisotopic (exact) mass is 307 g/mol. The van der Waals surface area contributed by atoms with E-state index in [1.807, 2.05) is 4.57 Å². The predicted octanol–water partition coefficient (Wildman–Crippen LogP) is 0.369. The molecule has 1 aliphatic rings. The van der Waals surface area contributed by atoms with Gasteiger partial charge in [-0.05, 0) is 32.3 Å². The molecule has 0 aliphatic heterocycles. The highest BCUT2D eigenvalue weighted by Gasteiger charge is 2.19. The van der Waals surface area contributed by atoms with Gasteiger partial charge in [-0.25, -0.2) is 15.0 Å². The standard InChI is InChI=1S/C11H13N5O.C3H8O2/c12-10-9-11(14-5-13-10)16(6-15-9)8-2-1-7(3-8)4-17;1-3(2,4)5/h3,5-6,8,17H,1-2,4H2,(H2,12,13,14);4-5H,1-2H3. The minimum absolute atomic E-state index is 0.125. The highest BCUT2D eigenvalue weighted by atomic mass is 16.5. The Morgan fingerprint density at radius 2 is 2.00 bits per heavy atom. The third-order valence-electron chi connectivity index (χ3n) is 3.14. The van der Waals surface area contributed by atoms with Gasteiger partial charge in [0.25, 0.3) is 0 Å². The maximum absolute atomic E-state index is 9.10. The van der Waals surface area contributed by atoms with Gasteiger partial charge in [-0.15, -0.1) is 0 Å². The Bertz CT molecular complexity index is 669. The summed E-state index contributed by atoms with van der Waals surface area (Å²) >= 11 is 0. The Morgan fingerprint density at radius 3 is 2.59 bits per heavy atom. The fraction of sp³-hybridized carbons (Fsp3) is 0.500. The minimum Gasteiger partial charge on any atom is -0.392 e. The van der Waals surface area contributed by atoms with Crippen molar-refractivity contribution < 1.29 is 15.3 Å². The summed E-state index contributed by atoms with van der Waals surface area (Å²) in [5.74, 6) is -1.10. The summed E-state index contributed by atoms with van der Waals surface area (Å²) in [4.78, 5) is 12.4. The maximum atomic E-state index is 9.10. The van der Waals surface area contributed by atoms with Gasteiger partial charge < -0.3 is 25.6 Å². The fourth-order valence-corrected chi connectivity index (χ4v) is 2.24. The molecule has 120 valence electrons. The van der Waals surface area contributed by atoms with Crippen LogP contribution < -0.4 is 5.73 Å². The predicted molar refractivity (Wildman–Crippen MR) is 81.7 cm³/mol. The van der Waals surface area contributed by atoms with E-state index in [-0.39, 0.29) is 12.6 Å². The molecule has 1 unspecified atom stereocenters. The number of rotatable bonds is 2. The van der Waals surface area contributed by atoms with Crippen LogP contribution in [0.25, 0.3) is 11.2 Å². The van der Waals surface area contributed by atoms with Gasteiger partial charge >= 0.3 is 0 Å². The van der Waals surface area contributed by atoms with Crippen molar-refractivity contribution in [3.63, 3.8) is 0 Å². The lowest BCUT2D eigenvalue weighted by molar-refractivity contribution is -0.127. The molecule has 2 aromatic heterocycles. The van der Waals surface area contributed by atoms with Gasteiger partial charge in [-0.3, -0.25) is 0 Å². The van der Waals surface area contributed by atoms with Gasteiger partial charge in [0.05, 0.1) is 19.0 Å². The molecule has 5 N–H and O–H groups in total. The van der Waals surface area contributed by atoms with E-state index in [9.17, 15) is 0 Å². The van der Waals surface area contributed by atoms with E-state index in [4.69, 9.17) is 21.1 Å². The molecule has 0 saturated heterocycles. The molecule has 0 aromatic carbocycles. The zero-order valence-corrected chi connectivity index (χ0v) is 12.6. The summed E-state index contributed by atoms with van der Waals surface area (Å²) in [5.41, 5.74) is 8.19. The van der Waals surface area contributed by atoms with Crippen LogP contribution in [0.1, 0.15) is 32.7 Å². The SMILES string of the molecule is CC(C)(O)O.Nc1ncnc2c1ncn2C1C=C(CO)CC1. The lowest BCUT2D eigenvalue weighted by Gasteiger charge is -2.09. The van der Waals surface area contributed by atoms with E-state index in [1.54, 1.807) is 6.33 Å². The van der Waals surface area contributed by atoms with Gasteiger partial charge in [0.2, 0.25) is 0 Å². The molecule has 2 heterocycles. The fourth-order valence-electron chi connectivity index (χ4n) is 2.24. The average molecular weight is 307 g/mol. The largest absolute Gasteiger partial charge is 0.392 e. The first-order chi connectivity index (χ1) is 10.3. The number of anilines is 1. The van der Waals surface area contributed by atoms with Crippen molar-refractivity contribution in [3.8, 4) is 0 Å². The quantitative estimate of drug-likeness (QED) is 0.465. The van der Waals surface area contributed by atoms with E-state index < -0.39 is 5.79 Å². The lowest BCUT2D eigenvalue weighted by Crippen LogP contribution is -2.15. The summed E-state index contributed by atoms with van der Waals surface area (Å²) in [6.07, 6.45) is 7.13. The van der Waals surface area contributed by atoms with E-state index in [0.717, 1.165) is 24.1 Å². The lowest BCUT2D eigenvalue weighted by atomic mass is 10.2. The molecule has 0 radical (unpaired) electrons. The first-order valence-corrected chi connectivity index (χ1v) is 6.97. The normalized spacial score (nSPS) is 18.0. The number of nitrogen functional groups attached to an aromatic ring is 1. The smallest absolute Gasteiger partial charge is 0.165 e. The zero-order valence-electron chi connectivity index (χ0n) is 12.6. The first kappa shape index (κ1) is 16.3. The van der Waals surface area contributed by atoms with E-state index >= 15 is 0 Å². The first-order valence-electron chi connectivity index (χ1n) is 6.97. The van der Waals surface area contributed by atoms with Crippen molar-refractivity contribution in [2.24, 2.45) is 0 Å². The van der Waals surface area contributed by atoms with Crippen molar-refractivity contribution in [2.75, 3.05) is 12.3 Å². The maximum Gasteiger partial charge on any atom is 0.165 e. The molecule has 1 aliphatic carbocycles. The van der Waals surface area contributed by atoms with Crippen molar-refractivity contribution in [1.29, 1.82) is 0 Å². The van der Waals surface area contributed by atoms with Crippen LogP contribution in [0.3, 0.4) is 0 Å². The number of aliphatic hydroxyl groups excluding tert-OH is 1. The molecular weight excluding hydrogens is 286 g/mol. The number of imidazole rings is 1. The molecule has 1 atom stereocenters. The van der Waals surface area contributed by atoms with Crippen LogP contribution in [0, 0.1) is 0 Å². The van der Waals surface area contributed by atoms with E-state index in [0.29, 0.717) is 11.3 Å². The highest BCUT2D eigenvalue weighted by molar-refractivity contribution is 5.81. The number of hydrogen-bond donors (Lipinski definition) is 4. The van der Waals surface area contributed by atoms with Crippen LogP contribution >= 0.6 is 0 Å². The summed E-state index contributed by atoms with van der Waals surface area (Å²) in [6, 6.07) is 0.205. The average Bonchev–Trinajstić information content (AvgIpc) is 3.02. The van der Waals surface area contributed by atoms with Gasteiger partial charge in [0, 0.05) is 0 Å². The summed E-state index contributed by atoms with van der Waals surface area (Å²) in [7, 11) is 0. The Morgan fingerprint density at radius 1 is 1.32 bits per heavy atom. The van der Waals surface area contributed by atoms with E-state index in [1.165, 1.54) is 20.2 Å². The zero-order chi connectivity index (χ0) is 16.3. The number of aromatic nitrogens is 4. The molecule has 0 amide bonds. The van der Waals surface area contributed by atoms with Crippen molar-refractivity contribution in [2.45, 2.75) is 38.5 Å². The topological polar surface area (TPSA) is 130 Å². The summed E-state index contributed by atoms with van der Waals surface area (Å²) in [6.45, 7) is 2.72. The van der Waals surface area contributed by atoms with Crippen LogP contribution in [0.15, 0.2) is 24.3 Å². The second-order valence-electron chi connectivity index (χ2n) is 5.67. The third kappa shape index (κ3) is 4.00. The summed E-state index contributed by atoms with van der Waals surface area (Å²) in [5, 5.41) is 25.3. The Balaban J connectivity index is 0.000000309. The second kappa shape index (κ2) is 6.39. The Kier molecular flexibility index (Phi) is 4.74. The molecule has 0 spiro atoms. The van der Waals surface area contributed by atoms with Crippen molar-refractivity contribution >= 4 is 17.0 Å². The molecule has 22 heavy (non-hydrogen) atoms. The molecule has 0 bridgehead atoms. The number of nitrogens with zero attached hydrogens (tertiary/aromatic N) is 4. The van der Waals surface area contributed by atoms with Crippen molar-refractivity contribution in [3.05, 3.63) is 24.3 Å². The Labute approximate surface area is 128 Å². The highest BCUT2D eigenvalue weighted by Crippen LogP contribution is 2.30. The molecular formula is C14H21N5O3. The molecule has 3 rings (SSSR count). The van der Waals surface area contributed by atoms with Crippen LogP contribution in [0.4, 0.5) is 5.82 Å². The molecule has 2 aromatic rings. The minimum atomic E-state index is -1.50. The van der Waals surface area contributed by atoms with E-state index in [2.05, 4.69) is 21.0 Å². The van der Waals surface area contributed by atoms with Gasteiger partial charge in [0.15, 0.2) is 17.3 Å². The van der Waals surface area contributed by atoms with Crippen LogP contribution in [-0.2, 0) is 0 Å². The number of fused-ring (bicyclic) bond motifs is 1. The number of allylic oxidation sites excluding steroid dienone is 1.